The van der Waals surface area contributed by atoms with E-state index < -0.39 is 16.8 Å². The number of aryl methyl sites for hydroxylation is 1. The number of aromatic nitrogens is 3. The molecule has 1 amide bonds. The number of rotatable bonds is 32. The fraction of sp³-hybridized carbons (Fsp3) is 0.717. The smallest absolute Gasteiger partial charge is 0.251 e. The van der Waals surface area contributed by atoms with Gasteiger partial charge in [0.1, 0.15) is 17.3 Å². The Hall–Kier alpha value is -3.73. The van der Waals surface area contributed by atoms with E-state index in [2.05, 4.69) is 80.4 Å². The molecule has 1 aromatic heterocycles. The maximum Gasteiger partial charge on any atom is 0.251 e. The molecule has 4 unspecified atom stereocenters. The molecule has 3 rings (SSSR count). The monoisotopic (exact) mass is 855 g/mol. The Balaban J connectivity index is 1.72. The number of ether oxygens (including phenoxy) is 4. The van der Waals surface area contributed by atoms with E-state index in [0.29, 0.717) is 89.5 Å². The Morgan fingerprint density at radius 1 is 0.738 bits per heavy atom. The second-order valence-electron chi connectivity index (χ2n) is 17.7. The van der Waals surface area contributed by atoms with Gasteiger partial charge < -0.3 is 39.8 Å². The minimum Gasteiger partial charge on any atom is -0.373 e. The van der Waals surface area contributed by atoms with Crippen LogP contribution in [0.5, 0.6) is 0 Å². The van der Waals surface area contributed by atoms with Crippen molar-refractivity contribution in [3.8, 4) is 11.3 Å². The molecule has 2 aromatic rings. The van der Waals surface area contributed by atoms with Crippen molar-refractivity contribution in [1.29, 1.82) is 0 Å². The summed E-state index contributed by atoms with van der Waals surface area (Å²) in [6.45, 7) is 23.9. The lowest BCUT2D eigenvalue weighted by molar-refractivity contribution is -0.131. The first-order valence-electron chi connectivity index (χ1n) is 22.5. The Bertz CT molecular complexity index is 1720. The predicted octanol–water partition coefficient (Wildman–Crippen LogP) is 6.78. The summed E-state index contributed by atoms with van der Waals surface area (Å²) in [5, 5.41) is 17.0. The van der Waals surface area contributed by atoms with Crippen LogP contribution in [0.15, 0.2) is 30.6 Å². The molecule has 61 heavy (non-hydrogen) atoms. The SMILES string of the molecule is CCCC(C)(CCC(C)=O)OCCOC(C)(CC)CCn1cc(-c2cc(C(=O)NCCNC)cc(C3=CN(CC(C)(CC)OCCOC(C)(CCC)CC(C)=O)NN3)c2)nn1. The lowest BCUT2D eigenvalue weighted by Gasteiger charge is -2.34. The van der Waals surface area contributed by atoms with Crippen LogP contribution in [0.1, 0.15) is 149 Å². The zero-order chi connectivity index (χ0) is 45.1. The van der Waals surface area contributed by atoms with E-state index in [9.17, 15) is 14.4 Å². The Kier molecular flexibility index (Phi) is 21.0. The molecule has 1 aliphatic heterocycles. The lowest BCUT2D eigenvalue weighted by atomic mass is 9.93. The minimum absolute atomic E-state index is 0.119. The van der Waals surface area contributed by atoms with Gasteiger partial charge in [-0.15, -0.1) is 10.6 Å². The van der Waals surface area contributed by atoms with Crippen molar-refractivity contribution in [2.24, 2.45) is 0 Å². The molecule has 4 N–H and O–H groups in total. The lowest BCUT2D eigenvalue weighted by Crippen LogP contribution is -2.47. The Morgan fingerprint density at radius 3 is 1.95 bits per heavy atom. The number of carbonyl (C=O) groups is 3. The van der Waals surface area contributed by atoms with Gasteiger partial charge in [0.15, 0.2) is 0 Å². The molecule has 0 radical (unpaired) electrons. The first-order chi connectivity index (χ1) is 28.9. The van der Waals surface area contributed by atoms with Crippen LogP contribution in [-0.4, -0.2) is 113 Å². The molecular weight excluding hydrogens is 777 g/mol. The van der Waals surface area contributed by atoms with Crippen molar-refractivity contribution >= 4 is 23.2 Å². The van der Waals surface area contributed by atoms with Crippen LogP contribution in [0.3, 0.4) is 0 Å². The van der Waals surface area contributed by atoms with Crippen LogP contribution < -0.4 is 21.6 Å². The third kappa shape index (κ3) is 17.5. The summed E-state index contributed by atoms with van der Waals surface area (Å²) in [5.74, 6) is 0.113. The van der Waals surface area contributed by atoms with E-state index in [1.807, 2.05) is 54.3 Å². The summed E-state index contributed by atoms with van der Waals surface area (Å²) in [4.78, 5) is 36.9. The number of likely N-dealkylation sites (N-methyl/N-ethyl adjacent to an activating group) is 1. The normalized spacial score (nSPS) is 16.8. The van der Waals surface area contributed by atoms with Crippen molar-refractivity contribution in [2.45, 2.75) is 162 Å². The molecule has 0 aliphatic carbocycles. The molecule has 0 bridgehead atoms. The van der Waals surface area contributed by atoms with Gasteiger partial charge in [-0.25, -0.2) is 0 Å². The molecule has 15 heteroatoms. The number of carbonyl (C=O) groups excluding carboxylic acids is 3. The van der Waals surface area contributed by atoms with Gasteiger partial charge in [-0.1, -0.05) is 45.7 Å². The standard InChI is InChI=1S/C46H78N8O7/c1-12-17-45(9,19-16-35(5)55)60-26-24-58-43(7,14-3)20-23-53-32-40(49-51-53)37-28-38(30-39(29-37)42(57)48-22-21-47-11)41-33-54(52-50-41)34-44(8,15-4)59-25-27-61-46(10,18-13-2)31-36(6)56/h28-30,32-33,47,50,52H,12-27,31,34H2,1-11H3,(H,48,57). The maximum absolute atomic E-state index is 13.4. The van der Waals surface area contributed by atoms with Crippen LogP contribution in [-0.2, 0) is 35.1 Å². The van der Waals surface area contributed by atoms with Crippen LogP contribution in [0.4, 0.5) is 0 Å². The van der Waals surface area contributed by atoms with Crippen molar-refractivity contribution in [3.63, 3.8) is 0 Å². The predicted molar refractivity (Wildman–Crippen MR) is 240 cm³/mol. The van der Waals surface area contributed by atoms with Gasteiger partial charge in [-0.3, -0.25) is 19.3 Å². The summed E-state index contributed by atoms with van der Waals surface area (Å²) in [7, 11) is 1.85. The number of nitrogens with zero attached hydrogens (tertiary/aromatic N) is 4. The van der Waals surface area contributed by atoms with Crippen LogP contribution >= 0.6 is 0 Å². The highest BCUT2D eigenvalue weighted by atomic mass is 16.6. The van der Waals surface area contributed by atoms with Gasteiger partial charge in [0.05, 0.1) is 67.3 Å². The fourth-order valence-corrected chi connectivity index (χ4v) is 7.57. The number of hydrogen-bond donors (Lipinski definition) is 4. The highest BCUT2D eigenvalue weighted by molar-refractivity contribution is 5.96. The number of benzene rings is 1. The summed E-state index contributed by atoms with van der Waals surface area (Å²) < 4.78 is 27.1. The summed E-state index contributed by atoms with van der Waals surface area (Å²) >= 11 is 0. The molecule has 2 heterocycles. The van der Waals surface area contributed by atoms with Crippen molar-refractivity contribution in [2.75, 3.05) is 53.1 Å². The zero-order valence-electron chi connectivity index (χ0n) is 39.3. The molecule has 0 saturated carbocycles. The van der Waals surface area contributed by atoms with Crippen LogP contribution in [0.2, 0.25) is 0 Å². The molecule has 1 aliphatic rings. The zero-order valence-corrected chi connectivity index (χ0v) is 39.3. The third-order valence-corrected chi connectivity index (χ3v) is 11.6. The van der Waals surface area contributed by atoms with Crippen molar-refractivity contribution < 1.29 is 33.3 Å². The van der Waals surface area contributed by atoms with E-state index in [0.717, 1.165) is 55.3 Å². The Morgan fingerprint density at radius 2 is 1.34 bits per heavy atom. The molecule has 0 fully saturated rings. The van der Waals surface area contributed by atoms with Gasteiger partial charge in [0.25, 0.3) is 5.91 Å². The van der Waals surface area contributed by atoms with E-state index in [4.69, 9.17) is 18.9 Å². The molecule has 0 saturated heterocycles. The number of Topliss-reactive ketones (excluding diaryl/α,β-unsaturated/α-hetero) is 2. The van der Waals surface area contributed by atoms with Gasteiger partial charge >= 0.3 is 0 Å². The highest BCUT2D eigenvalue weighted by Crippen LogP contribution is 2.29. The highest BCUT2D eigenvalue weighted by Gasteiger charge is 2.31. The molecule has 344 valence electrons. The number of ketones is 2. The maximum atomic E-state index is 13.4. The van der Waals surface area contributed by atoms with Gasteiger partial charge in [0, 0.05) is 55.4 Å². The minimum atomic E-state index is -0.496. The Labute approximate surface area is 365 Å². The van der Waals surface area contributed by atoms with Crippen LogP contribution in [0, 0.1) is 0 Å². The van der Waals surface area contributed by atoms with Crippen LogP contribution in [0.25, 0.3) is 17.0 Å². The topological polar surface area (TPSA) is 170 Å². The summed E-state index contributed by atoms with van der Waals surface area (Å²) in [6.07, 6.45) is 11.4. The molecule has 1 aromatic carbocycles. The summed E-state index contributed by atoms with van der Waals surface area (Å²) in [5.41, 5.74) is 8.32. The van der Waals surface area contributed by atoms with E-state index in [1.54, 1.807) is 13.8 Å². The van der Waals surface area contributed by atoms with E-state index in [1.165, 1.54) is 0 Å². The first kappa shape index (κ1) is 51.6. The van der Waals surface area contributed by atoms with Crippen molar-refractivity contribution in [3.05, 3.63) is 41.7 Å². The average molecular weight is 855 g/mol. The number of hydrogen-bond acceptors (Lipinski definition) is 13. The molecule has 15 nitrogen and oxygen atoms in total. The fourth-order valence-electron chi connectivity index (χ4n) is 7.57. The first-order valence-corrected chi connectivity index (χ1v) is 22.5. The quantitative estimate of drug-likeness (QED) is 0.0569. The number of nitrogens with one attached hydrogen (secondary N) is 4. The van der Waals surface area contributed by atoms with E-state index in [-0.39, 0.29) is 23.1 Å². The molecular formula is C46H78N8O7. The third-order valence-electron chi connectivity index (χ3n) is 11.6. The van der Waals surface area contributed by atoms with Crippen molar-refractivity contribution in [1.82, 2.24) is 41.6 Å². The molecule has 4 atom stereocenters. The number of amides is 1. The van der Waals surface area contributed by atoms with Gasteiger partial charge in [-0.2, -0.15) is 0 Å². The average Bonchev–Trinajstić information content (AvgIpc) is 3.90. The molecule has 0 spiro atoms. The second-order valence-corrected chi connectivity index (χ2v) is 17.7. The second kappa shape index (κ2) is 24.8. The van der Waals surface area contributed by atoms with Gasteiger partial charge in [-0.05, 0) is 105 Å². The number of hydrazine groups is 2. The largest absolute Gasteiger partial charge is 0.373 e. The van der Waals surface area contributed by atoms with E-state index >= 15 is 0 Å². The van der Waals surface area contributed by atoms with Gasteiger partial charge in [0.2, 0.25) is 0 Å². The summed E-state index contributed by atoms with van der Waals surface area (Å²) in [6, 6.07) is 5.73.